The Morgan fingerprint density at radius 3 is 2.62 bits per heavy atom. The zero-order valence-corrected chi connectivity index (χ0v) is 8.30. The van der Waals surface area contributed by atoms with Gasteiger partial charge in [-0.1, -0.05) is 6.92 Å². The Labute approximate surface area is 77.2 Å². The molecule has 0 radical (unpaired) electrons. The molecule has 0 atom stereocenters. The lowest BCUT2D eigenvalue weighted by molar-refractivity contribution is 0.467. The summed E-state index contributed by atoms with van der Waals surface area (Å²) in [5.41, 5.74) is 0.516. The third-order valence-corrected chi connectivity index (χ3v) is 3.38. The largest absolute Gasteiger partial charge is 0.506 e. The smallest absolute Gasteiger partial charge is 0.195 e. The molecule has 0 aliphatic heterocycles. The van der Waals surface area contributed by atoms with E-state index in [-0.39, 0.29) is 16.5 Å². The van der Waals surface area contributed by atoms with Crippen LogP contribution in [-0.4, -0.2) is 24.3 Å². The molecule has 72 valence electrons. The van der Waals surface area contributed by atoms with Gasteiger partial charge in [-0.2, -0.15) is 0 Å². The first-order valence-electron chi connectivity index (χ1n) is 3.85. The van der Waals surface area contributed by atoms with Crippen molar-refractivity contribution in [3.05, 3.63) is 17.8 Å². The molecule has 0 spiro atoms. The Balaban J connectivity index is 3.27. The van der Waals surface area contributed by atoms with Gasteiger partial charge in [0.15, 0.2) is 14.9 Å². The number of aromatic hydroxyl groups is 1. The molecule has 0 bridgehead atoms. The van der Waals surface area contributed by atoms with Gasteiger partial charge in [-0.15, -0.1) is 0 Å². The zero-order chi connectivity index (χ0) is 10.1. The predicted molar refractivity (Wildman–Crippen MR) is 48.4 cm³/mol. The fraction of sp³-hybridized carbons (Fsp3) is 0.375. The van der Waals surface area contributed by atoms with Crippen molar-refractivity contribution < 1.29 is 13.5 Å². The van der Waals surface area contributed by atoms with Gasteiger partial charge < -0.3 is 5.11 Å². The number of nitrogens with zero attached hydrogens (tertiary/aromatic N) is 1. The molecular weight excluding hydrogens is 190 g/mol. The summed E-state index contributed by atoms with van der Waals surface area (Å²) in [6, 6.07) is 1.37. The van der Waals surface area contributed by atoms with Gasteiger partial charge in [0.1, 0.15) is 5.75 Å². The fourth-order valence-corrected chi connectivity index (χ4v) is 1.71. The third kappa shape index (κ3) is 1.98. The molecule has 0 aromatic carbocycles. The zero-order valence-electron chi connectivity index (χ0n) is 7.48. The molecule has 1 N–H and O–H groups in total. The molecule has 0 aliphatic carbocycles. The van der Waals surface area contributed by atoms with Gasteiger partial charge in [-0.3, -0.25) is 0 Å². The van der Waals surface area contributed by atoms with E-state index in [1.54, 1.807) is 13.8 Å². The lowest BCUT2D eigenvalue weighted by atomic mass is 10.3. The molecule has 0 saturated carbocycles. The highest BCUT2D eigenvalue weighted by Gasteiger charge is 2.13. The van der Waals surface area contributed by atoms with Crippen LogP contribution in [0.4, 0.5) is 0 Å². The first kappa shape index (κ1) is 9.98. The van der Waals surface area contributed by atoms with Crippen LogP contribution in [0.25, 0.3) is 0 Å². The molecular formula is C8H11NO3S. The first-order chi connectivity index (χ1) is 5.97. The van der Waals surface area contributed by atoms with Gasteiger partial charge in [0.2, 0.25) is 0 Å². The number of hydrogen-bond acceptors (Lipinski definition) is 4. The van der Waals surface area contributed by atoms with Crippen LogP contribution in [0.15, 0.2) is 17.3 Å². The maximum atomic E-state index is 11.3. The average molecular weight is 201 g/mol. The second-order valence-corrected chi connectivity index (χ2v) is 4.94. The van der Waals surface area contributed by atoms with Crippen LogP contribution in [0.2, 0.25) is 0 Å². The van der Waals surface area contributed by atoms with Crippen LogP contribution < -0.4 is 0 Å². The quantitative estimate of drug-likeness (QED) is 0.771. The van der Waals surface area contributed by atoms with Gasteiger partial charge in [0.05, 0.1) is 11.9 Å². The number of pyridine rings is 1. The summed E-state index contributed by atoms with van der Waals surface area (Å²) in [6.07, 6.45) is 1.15. The predicted octanol–water partition coefficient (Wildman–Crippen LogP) is 0.889. The lowest BCUT2D eigenvalue weighted by Crippen LogP contribution is -2.06. The summed E-state index contributed by atoms with van der Waals surface area (Å²) < 4.78 is 22.6. The van der Waals surface area contributed by atoms with Gasteiger partial charge in [0, 0.05) is 0 Å². The van der Waals surface area contributed by atoms with Crippen LogP contribution in [0.5, 0.6) is 5.75 Å². The van der Waals surface area contributed by atoms with E-state index in [1.165, 1.54) is 6.07 Å². The highest BCUT2D eigenvalue weighted by molar-refractivity contribution is 7.91. The molecule has 5 heteroatoms. The molecule has 0 aliphatic rings. The summed E-state index contributed by atoms with van der Waals surface area (Å²) >= 11 is 0. The second-order valence-electron chi connectivity index (χ2n) is 2.71. The lowest BCUT2D eigenvalue weighted by Gasteiger charge is -2.02. The monoisotopic (exact) mass is 201 g/mol. The van der Waals surface area contributed by atoms with Gasteiger partial charge >= 0.3 is 0 Å². The normalized spacial score (nSPS) is 11.5. The number of rotatable bonds is 2. The second kappa shape index (κ2) is 3.33. The van der Waals surface area contributed by atoms with Crippen molar-refractivity contribution in [1.29, 1.82) is 0 Å². The minimum Gasteiger partial charge on any atom is -0.506 e. The van der Waals surface area contributed by atoms with E-state index in [4.69, 9.17) is 5.11 Å². The van der Waals surface area contributed by atoms with Gasteiger partial charge in [-0.25, -0.2) is 13.4 Å². The highest BCUT2D eigenvalue weighted by atomic mass is 32.2. The maximum absolute atomic E-state index is 11.3. The number of aryl methyl sites for hydroxylation is 1. The fourth-order valence-electron chi connectivity index (χ4n) is 0.841. The molecule has 1 aromatic heterocycles. The summed E-state index contributed by atoms with van der Waals surface area (Å²) in [6.45, 7) is 3.19. The van der Waals surface area contributed by atoms with Crippen LogP contribution in [0.3, 0.4) is 0 Å². The molecule has 0 fully saturated rings. The van der Waals surface area contributed by atoms with Crippen LogP contribution in [-0.2, 0) is 9.84 Å². The molecule has 4 nitrogen and oxygen atoms in total. The standard InChI is InChI=1S/C8H11NO3S/c1-3-13(11,12)8-4-6(2)7(10)5-9-8/h4-5,10H,3H2,1-2H3. The summed E-state index contributed by atoms with van der Waals surface area (Å²) in [5.74, 6) is 0.0274. The number of sulfone groups is 1. The Morgan fingerprint density at radius 2 is 2.15 bits per heavy atom. The van der Waals surface area contributed by atoms with Crippen molar-refractivity contribution in [3.8, 4) is 5.75 Å². The topological polar surface area (TPSA) is 67.3 Å². The summed E-state index contributed by atoms with van der Waals surface area (Å²) in [5, 5.41) is 9.14. The van der Waals surface area contributed by atoms with Gasteiger partial charge in [0.25, 0.3) is 0 Å². The molecule has 0 saturated heterocycles. The Kier molecular flexibility index (Phi) is 2.56. The van der Waals surface area contributed by atoms with Crippen molar-refractivity contribution in [2.24, 2.45) is 0 Å². The molecule has 0 unspecified atom stereocenters. The van der Waals surface area contributed by atoms with E-state index >= 15 is 0 Å². The van der Waals surface area contributed by atoms with Crippen molar-refractivity contribution in [1.82, 2.24) is 4.98 Å². The van der Waals surface area contributed by atoms with Crippen LogP contribution in [0, 0.1) is 6.92 Å². The Hall–Kier alpha value is -1.10. The van der Waals surface area contributed by atoms with Gasteiger partial charge in [-0.05, 0) is 18.6 Å². The molecule has 1 rings (SSSR count). The van der Waals surface area contributed by atoms with Crippen LogP contribution in [0.1, 0.15) is 12.5 Å². The Morgan fingerprint density at radius 1 is 1.54 bits per heavy atom. The Bertz CT molecular complexity index is 411. The van der Waals surface area contributed by atoms with Crippen LogP contribution >= 0.6 is 0 Å². The minimum absolute atomic E-state index is 0.00931. The average Bonchev–Trinajstić information content (AvgIpc) is 2.09. The molecule has 13 heavy (non-hydrogen) atoms. The van der Waals surface area contributed by atoms with Crippen molar-refractivity contribution >= 4 is 9.84 Å². The minimum atomic E-state index is -3.26. The van der Waals surface area contributed by atoms with E-state index in [0.29, 0.717) is 5.56 Å². The van der Waals surface area contributed by atoms with E-state index in [0.717, 1.165) is 6.20 Å². The highest BCUT2D eigenvalue weighted by Crippen LogP contribution is 2.17. The molecule has 0 amide bonds. The van der Waals surface area contributed by atoms with Crippen molar-refractivity contribution in [2.45, 2.75) is 18.9 Å². The maximum Gasteiger partial charge on any atom is 0.195 e. The third-order valence-electron chi connectivity index (χ3n) is 1.76. The van der Waals surface area contributed by atoms with Crippen molar-refractivity contribution in [2.75, 3.05) is 5.75 Å². The summed E-state index contributed by atoms with van der Waals surface area (Å²) in [7, 11) is -3.26. The van der Waals surface area contributed by atoms with E-state index in [9.17, 15) is 8.42 Å². The molecule has 1 aromatic rings. The van der Waals surface area contributed by atoms with E-state index < -0.39 is 9.84 Å². The number of hydrogen-bond donors (Lipinski definition) is 1. The van der Waals surface area contributed by atoms with Crippen molar-refractivity contribution in [3.63, 3.8) is 0 Å². The first-order valence-corrected chi connectivity index (χ1v) is 5.51. The van der Waals surface area contributed by atoms with E-state index in [1.807, 2.05) is 0 Å². The summed E-state index contributed by atoms with van der Waals surface area (Å²) in [4.78, 5) is 3.64. The number of aromatic nitrogens is 1. The molecule has 1 heterocycles. The van der Waals surface area contributed by atoms with E-state index in [2.05, 4.69) is 4.98 Å². The SMILES string of the molecule is CCS(=O)(=O)c1cc(C)c(O)cn1.